The monoisotopic (exact) mass is 388 g/mol. The fourth-order valence-corrected chi connectivity index (χ4v) is 5.98. The van der Waals surface area contributed by atoms with Gasteiger partial charge in [0.25, 0.3) is 0 Å². The maximum atomic E-state index is 12.4. The maximum Gasteiger partial charge on any atom is 0.309 e. The number of cyclic esters (lactones) is 1. The lowest BCUT2D eigenvalue weighted by Crippen LogP contribution is -2.42. The minimum absolute atomic E-state index is 0.0181. The summed E-state index contributed by atoms with van der Waals surface area (Å²) in [6.45, 7) is 2.08. The van der Waals surface area contributed by atoms with E-state index in [1.54, 1.807) is 6.20 Å². The first-order valence-electron chi connectivity index (χ1n) is 11.0. The first kappa shape index (κ1) is 18.5. The van der Waals surface area contributed by atoms with Gasteiger partial charge in [-0.2, -0.15) is 0 Å². The Balaban J connectivity index is 1.39. The second kappa shape index (κ2) is 7.74. The second-order valence-corrected chi connectivity index (χ2v) is 8.89. The molecule has 29 heavy (non-hydrogen) atoms. The molecular weight excluding hydrogens is 360 g/mol. The normalized spacial score (nSPS) is 33.9. The lowest BCUT2D eigenvalue weighted by Gasteiger charge is -2.45. The highest BCUT2D eigenvalue weighted by Crippen LogP contribution is 2.53. The van der Waals surface area contributed by atoms with Crippen LogP contribution in [0.15, 0.2) is 48.8 Å². The largest absolute Gasteiger partial charge is 0.462 e. The molecule has 2 aromatic rings. The molecule has 4 nitrogen and oxygen atoms in total. The van der Waals surface area contributed by atoms with Gasteiger partial charge in [0, 0.05) is 23.9 Å². The number of hydrogen-bond acceptors (Lipinski definition) is 4. The van der Waals surface area contributed by atoms with E-state index in [2.05, 4.69) is 41.2 Å². The number of allylic oxidation sites excluding steroid dienone is 1. The number of nitrogens with zero attached hydrogens (tertiary/aromatic N) is 2. The Kier molecular flexibility index (Phi) is 4.94. The van der Waals surface area contributed by atoms with Gasteiger partial charge in [-0.25, -0.2) is 0 Å². The summed E-state index contributed by atoms with van der Waals surface area (Å²) >= 11 is 0. The summed E-state index contributed by atoms with van der Waals surface area (Å²) in [6, 6.07) is 10.0. The van der Waals surface area contributed by atoms with Crippen molar-refractivity contribution >= 4 is 12.0 Å². The fourth-order valence-electron chi connectivity index (χ4n) is 5.98. The zero-order valence-corrected chi connectivity index (χ0v) is 16.9. The van der Waals surface area contributed by atoms with E-state index in [9.17, 15) is 4.79 Å². The summed E-state index contributed by atoms with van der Waals surface area (Å²) in [7, 11) is 0. The second-order valence-electron chi connectivity index (χ2n) is 8.89. The third-order valence-corrected chi connectivity index (χ3v) is 7.31. The van der Waals surface area contributed by atoms with Crippen LogP contribution in [0, 0.1) is 29.6 Å². The highest BCUT2D eigenvalue weighted by Gasteiger charge is 2.53. The van der Waals surface area contributed by atoms with E-state index >= 15 is 0 Å². The third kappa shape index (κ3) is 3.50. The Labute approximate surface area is 172 Å². The standard InChI is InChI=1S/C25H28N2O2/c1-16-24-21(20-7-3-2-6-17(20)14-22(24)25(28)29-16)12-11-19-10-9-18(15-27-19)23-8-4-5-13-26-23/h4-5,8-13,15-17,20-22,24H,2-3,6-7,14H2,1H3/b12-11+/t16-,17+,20-,21+,22-,24+/m1/s1. The van der Waals surface area contributed by atoms with Crippen molar-refractivity contribution in [1.82, 2.24) is 9.97 Å². The van der Waals surface area contributed by atoms with Gasteiger partial charge in [0.1, 0.15) is 6.10 Å². The number of carbonyl (C=O) groups is 1. The zero-order chi connectivity index (χ0) is 19.8. The van der Waals surface area contributed by atoms with Crippen molar-refractivity contribution in [3.05, 3.63) is 54.5 Å². The average Bonchev–Trinajstić information content (AvgIpc) is 3.05. The van der Waals surface area contributed by atoms with Crippen LogP contribution in [0.25, 0.3) is 17.3 Å². The Morgan fingerprint density at radius 2 is 2.00 bits per heavy atom. The zero-order valence-electron chi connectivity index (χ0n) is 16.9. The molecule has 0 N–H and O–H groups in total. The molecule has 0 spiro atoms. The fraction of sp³-hybridized carbons (Fsp3) is 0.480. The van der Waals surface area contributed by atoms with Crippen LogP contribution in [0.4, 0.5) is 0 Å². The molecule has 1 saturated heterocycles. The lowest BCUT2D eigenvalue weighted by molar-refractivity contribution is -0.144. The molecule has 2 aromatic heterocycles. The molecule has 2 saturated carbocycles. The Morgan fingerprint density at radius 3 is 2.79 bits per heavy atom. The number of carbonyl (C=O) groups excluding carboxylic acids is 1. The van der Waals surface area contributed by atoms with E-state index in [1.165, 1.54) is 25.7 Å². The summed E-state index contributed by atoms with van der Waals surface area (Å²) in [5.74, 6) is 2.16. The van der Waals surface area contributed by atoms with Crippen molar-refractivity contribution in [3.8, 4) is 11.3 Å². The van der Waals surface area contributed by atoms with Crippen LogP contribution in [-0.4, -0.2) is 22.0 Å². The van der Waals surface area contributed by atoms with Crippen LogP contribution >= 0.6 is 0 Å². The molecule has 0 bridgehead atoms. The van der Waals surface area contributed by atoms with Gasteiger partial charge in [0.05, 0.1) is 17.3 Å². The molecule has 3 heterocycles. The quantitative estimate of drug-likeness (QED) is 0.682. The van der Waals surface area contributed by atoms with Crippen LogP contribution in [0.1, 0.15) is 44.7 Å². The Morgan fingerprint density at radius 1 is 1.10 bits per heavy atom. The Hall–Kier alpha value is -2.49. The first-order valence-corrected chi connectivity index (χ1v) is 11.0. The number of hydrogen-bond donors (Lipinski definition) is 0. The van der Waals surface area contributed by atoms with Crippen molar-refractivity contribution in [2.24, 2.45) is 29.6 Å². The summed E-state index contributed by atoms with van der Waals surface area (Å²) in [5.41, 5.74) is 2.92. The Bertz CT molecular complexity index is 893. The van der Waals surface area contributed by atoms with E-state index in [0.29, 0.717) is 23.7 Å². The van der Waals surface area contributed by atoms with Crippen LogP contribution in [-0.2, 0) is 9.53 Å². The third-order valence-electron chi connectivity index (χ3n) is 7.31. The van der Waals surface area contributed by atoms with E-state index in [0.717, 1.165) is 23.4 Å². The van der Waals surface area contributed by atoms with Gasteiger partial charge in [-0.15, -0.1) is 0 Å². The van der Waals surface area contributed by atoms with Gasteiger partial charge in [-0.3, -0.25) is 14.8 Å². The SMILES string of the molecule is C[C@H]1OC(=O)[C@@H]2C[C@@H]3CCCC[C@H]3[C@H](/C=C/c3ccc(-c4ccccn4)cn3)[C@H]12. The minimum atomic E-state index is 0.0181. The molecule has 3 fully saturated rings. The summed E-state index contributed by atoms with van der Waals surface area (Å²) in [6.07, 6.45) is 14.4. The molecule has 2 aliphatic carbocycles. The summed E-state index contributed by atoms with van der Waals surface area (Å²) in [4.78, 5) is 21.4. The van der Waals surface area contributed by atoms with Gasteiger partial charge in [-0.1, -0.05) is 31.4 Å². The van der Waals surface area contributed by atoms with E-state index in [-0.39, 0.29) is 18.0 Å². The lowest BCUT2D eigenvalue weighted by atomic mass is 9.57. The minimum Gasteiger partial charge on any atom is -0.462 e. The first-order chi connectivity index (χ1) is 14.2. The van der Waals surface area contributed by atoms with Gasteiger partial charge in [0.15, 0.2) is 0 Å². The van der Waals surface area contributed by atoms with Gasteiger partial charge in [0.2, 0.25) is 0 Å². The average molecular weight is 389 g/mol. The molecule has 0 aromatic carbocycles. The molecule has 3 aliphatic rings. The number of aromatic nitrogens is 2. The number of esters is 1. The van der Waals surface area contributed by atoms with E-state index < -0.39 is 0 Å². The van der Waals surface area contributed by atoms with Crippen molar-refractivity contribution in [3.63, 3.8) is 0 Å². The van der Waals surface area contributed by atoms with Gasteiger partial charge < -0.3 is 4.74 Å². The van der Waals surface area contributed by atoms with Crippen LogP contribution in [0.2, 0.25) is 0 Å². The number of rotatable bonds is 3. The predicted octanol–water partition coefficient (Wildman–Crippen LogP) is 5.16. The van der Waals surface area contributed by atoms with Crippen LogP contribution in [0.5, 0.6) is 0 Å². The number of fused-ring (bicyclic) bond motifs is 2. The maximum absolute atomic E-state index is 12.4. The molecule has 0 radical (unpaired) electrons. The number of ether oxygens (including phenoxy) is 1. The summed E-state index contributed by atoms with van der Waals surface area (Å²) < 4.78 is 5.67. The summed E-state index contributed by atoms with van der Waals surface area (Å²) in [5, 5.41) is 0. The van der Waals surface area contributed by atoms with E-state index in [4.69, 9.17) is 4.74 Å². The molecule has 1 aliphatic heterocycles. The molecule has 4 heteroatoms. The van der Waals surface area contributed by atoms with Gasteiger partial charge >= 0.3 is 5.97 Å². The van der Waals surface area contributed by atoms with Crippen molar-refractivity contribution in [2.75, 3.05) is 0 Å². The molecular formula is C25H28N2O2. The predicted molar refractivity (Wildman–Crippen MR) is 113 cm³/mol. The topological polar surface area (TPSA) is 52.1 Å². The molecule has 150 valence electrons. The number of pyridine rings is 2. The molecule has 6 atom stereocenters. The molecule has 0 amide bonds. The van der Waals surface area contributed by atoms with Crippen molar-refractivity contribution < 1.29 is 9.53 Å². The highest BCUT2D eigenvalue weighted by atomic mass is 16.6. The van der Waals surface area contributed by atoms with Crippen LogP contribution in [0.3, 0.4) is 0 Å². The van der Waals surface area contributed by atoms with E-state index in [1.807, 2.05) is 24.4 Å². The van der Waals surface area contributed by atoms with Crippen LogP contribution < -0.4 is 0 Å². The van der Waals surface area contributed by atoms with Crippen molar-refractivity contribution in [2.45, 2.75) is 45.1 Å². The smallest absolute Gasteiger partial charge is 0.309 e. The van der Waals surface area contributed by atoms with Crippen molar-refractivity contribution in [1.29, 1.82) is 0 Å². The van der Waals surface area contributed by atoms with Gasteiger partial charge in [-0.05, 0) is 67.9 Å². The molecule has 0 unspecified atom stereocenters. The molecule has 5 rings (SSSR count). The highest BCUT2D eigenvalue weighted by molar-refractivity contribution is 5.75.